The molecule has 0 aromatic rings. The normalized spacial score (nSPS) is 28.9. The minimum atomic E-state index is -3.59. The van der Waals surface area contributed by atoms with Gasteiger partial charge in [0.25, 0.3) is 0 Å². The molecule has 0 radical (unpaired) electrons. The highest BCUT2D eigenvalue weighted by atomic mass is 32.2. The molecule has 1 heterocycles. The summed E-state index contributed by atoms with van der Waals surface area (Å²) in [5.74, 6) is -1.49. The fraction of sp³-hybridized carbons (Fsp3) is 0.889. The van der Waals surface area contributed by atoms with Crippen molar-refractivity contribution in [1.29, 1.82) is 0 Å². The topological polar surface area (TPSA) is 80.7 Å². The second-order valence-corrected chi connectivity index (χ2v) is 6.32. The van der Waals surface area contributed by atoms with Crippen molar-refractivity contribution in [2.75, 3.05) is 5.75 Å². The minimum Gasteiger partial charge on any atom is -0.480 e. The van der Waals surface area contributed by atoms with Gasteiger partial charge in [-0.3, -0.25) is 4.79 Å². The zero-order chi connectivity index (χ0) is 11.6. The van der Waals surface area contributed by atoms with Gasteiger partial charge in [0, 0.05) is 0 Å². The second kappa shape index (κ2) is 4.49. The van der Waals surface area contributed by atoms with Gasteiger partial charge in [-0.25, -0.2) is 8.42 Å². The molecular formula is C9H16O5S. The van der Waals surface area contributed by atoms with E-state index in [0.717, 1.165) is 6.42 Å². The van der Waals surface area contributed by atoms with Crippen LogP contribution in [0.15, 0.2) is 0 Å². The first-order chi connectivity index (χ1) is 6.83. The van der Waals surface area contributed by atoms with Crippen LogP contribution in [0.3, 0.4) is 0 Å². The third-order valence-corrected chi connectivity index (χ3v) is 4.74. The molecule has 3 atom stereocenters. The molecule has 0 amide bonds. The summed E-state index contributed by atoms with van der Waals surface area (Å²) in [7, 11) is -3.59. The quantitative estimate of drug-likeness (QED) is 0.766. The van der Waals surface area contributed by atoms with E-state index in [1.54, 1.807) is 0 Å². The van der Waals surface area contributed by atoms with Crippen LogP contribution in [0.4, 0.5) is 0 Å². The Hall–Kier alpha value is -0.620. The zero-order valence-electron chi connectivity index (χ0n) is 8.84. The number of sulfone groups is 1. The number of hydrogen-bond donors (Lipinski definition) is 1. The average Bonchev–Trinajstić information content (AvgIpc) is 2.48. The first kappa shape index (κ1) is 12.4. The van der Waals surface area contributed by atoms with Crippen molar-refractivity contribution in [2.24, 2.45) is 0 Å². The maximum Gasteiger partial charge on any atom is 0.321 e. The molecule has 0 aliphatic carbocycles. The first-order valence-electron chi connectivity index (χ1n) is 4.92. The Balaban J connectivity index is 2.61. The Morgan fingerprint density at radius 1 is 1.53 bits per heavy atom. The lowest BCUT2D eigenvalue weighted by Gasteiger charge is -2.13. The van der Waals surface area contributed by atoms with Crippen molar-refractivity contribution in [1.82, 2.24) is 0 Å². The van der Waals surface area contributed by atoms with Crippen LogP contribution >= 0.6 is 0 Å². The van der Waals surface area contributed by atoms with Gasteiger partial charge in [-0.2, -0.15) is 0 Å². The molecule has 1 saturated heterocycles. The van der Waals surface area contributed by atoms with E-state index in [2.05, 4.69) is 0 Å². The molecule has 0 bridgehead atoms. The molecule has 0 saturated carbocycles. The van der Waals surface area contributed by atoms with E-state index in [9.17, 15) is 13.2 Å². The van der Waals surface area contributed by atoms with Gasteiger partial charge in [-0.1, -0.05) is 0 Å². The Morgan fingerprint density at radius 2 is 2.13 bits per heavy atom. The number of carboxylic acid groups (broad SMARTS) is 1. The Kier molecular flexibility index (Phi) is 3.72. The van der Waals surface area contributed by atoms with Gasteiger partial charge in [0.1, 0.15) is 0 Å². The molecule has 1 N–H and O–H groups in total. The number of ether oxygens (including phenoxy) is 1. The summed E-state index contributed by atoms with van der Waals surface area (Å²) >= 11 is 0. The van der Waals surface area contributed by atoms with Gasteiger partial charge < -0.3 is 9.84 Å². The molecule has 15 heavy (non-hydrogen) atoms. The summed E-state index contributed by atoms with van der Waals surface area (Å²) in [6.45, 7) is 3.07. The molecule has 88 valence electrons. The van der Waals surface area contributed by atoms with Crippen LogP contribution in [0.25, 0.3) is 0 Å². The molecule has 3 unspecified atom stereocenters. The number of hydrogen-bond acceptors (Lipinski definition) is 4. The number of rotatable bonds is 4. The van der Waals surface area contributed by atoms with Crippen molar-refractivity contribution in [3.8, 4) is 0 Å². The lowest BCUT2D eigenvalue weighted by Crippen LogP contribution is -2.33. The van der Waals surface area contributed by atoms with Crippen molar-refractivity contribution >= 4 is 15.8 Å². The van der Waals surface area contributed by atoms with Gasteiger partial charge in [0.2, 0.25) is 0 Å². The Bertz CT molecular complexity index is 334. The van der Waals surface area contributed by atoms with Crippen LogP contribution in [0.1, 0.15) is 26.7 Å². The summed E-state index contributed by atoms with van der Waals surface area (Å²) in [5.41, 5.74) is 0. The van der Waals surface area contributed by atoms with Gasteiger partial charge >= 0.3 is 5.97 Å². The Labute approximate surface area is 89.3 Å². The van der Waals surface area contributed by atoms with E-state index in [-0.39, 0.29) is 18.0 Å². The van der Waals surface area contributed by atoms with Gasteiger partial charge in [0.05, 0.1) is 18.0 Å². The second-order valence-electron chi connectivity index (χ2n) is 3.96. The number of carbonyl (C=O) groups is 1. The summed E-state index contributed by atoms with van der Waals surface area (Å²) in [4.78, 5) is 10.6. The van der Waals surface area contributed by atoms with E-state index in [1.807, 2.05) is 6.92 Å². The van der Waals surface area contributed by atoms with E-state index < -0.39 is 21.1 Å². The van der Waals surface area contributed by atoms with Gasteiger partial charge in [0.15, 0.2) is 15.1 Å². The van der Waals surface area contributed by atoms with Crippen molar-refractivity contribution < 1.29 is 23.1 Å². The highest BCUT2D eigenvalue weighted by molar-refractivity contribution is 7.92. The van der Waals surface area contributed by atoms with Crippen molar-refractivity contribution in [3.05, 3.63) is 0 Å². The summed E-state index contributed by atoms with van der Waals surface area (Å²) in [6, 6.07) is 0. The number of aliphatic carboxylic acids is 1. The van der Waals surface area contributed by atoms with E-state index >= 15 is 0 Å². The lowest BCUT2D eigenvalue weighted by molar-refractivity contribution is -0.136. The smallest absolute Gasteiger partial charge is 0.321 e. The third kappa shape index (κ3) is 3.17. The largest absolute Gasteiger partial charge is 0.480 e. The van der Waals surface area contributed by atoms with Crippen LogP contribution in [0.5, 0.6) is 0 Å². The molecule has 0 aromatic carbocycles. The molecule has 1 aliphatic heterocycles. The van der Waals surface area contributed by atoms with E-state index in [0.29, 0.717) is 6.42 Å². The molecule has 1 rings (SSSR count). The SMILES string of the molecule is CC1CCC(CS(=O)(=O)C(C)C(=O)O)O1. The molecule has 1 aliphatic rings. The van der Waals surface area contributed by atoms with Crippen LogP contribution in [-0.2, 0) is 19.4 Å². The fourth-order valence-corrected chi connectivity index (χ4v) is 2.92. The zero-order valence-corrected chi connectivity index (χ0v) is 9.66. The van der Waals surface area contributed by atoms with E-state index in [4.69, 9.17) is 9.84 Å². The summed E-state index contributed by atoms with van der Waals surface area (Å²) < 4.78 is 28.5. The molecular weight excluding hydrogens is 220 g/mol. The highest BCUT2D eigenvalue weighted by Gasteiger charge is 2.33. The van der Waals surface area contributed by atoms with Crippen molar-refractivity contribution in [2.45, 2.75) is 44.1 Å². The van der Waals surface area contributed by atoms with Crippen LogP contribution < -0.4 is 0 Å². The van der Waals surface area contributed by atoms with Gasteiger partial charge in [-0.15, -0.1) is 0 Å². The lowest BCUT2D eigenvalue weighted by atomic mass is 10.2. The van der Waals surface area contributed by atoms with Crippen molar-refractivity contribution in [3.63, 3.8) is 0 Å². The third-order valence-electron chi connectivity index (χ3n) is 2.62. The molecule has 6 heteroatoms. The van der Waals surface area contributed by atoms with Crippen LogP contribution in [0, 0.1) is 0 Å². The standard InChI is InChI=1S/C9H16O5S/c1-6-3-4-8(14-6)5-15(12,13)7(2)9(10)11/h6-8H,3-5H2,1-2H3,(H,10,11). The first-order valence-corrected chi connectivity index (χ1v) is 6.64. The molecule has 5 nitrogen and oxygen atoms in total. The molecule has 0 aromatic heterocycles. The monoisotopic (exact) mass is 236 g/mol. The van der Waals surface area contributed by atoms with Crippen LogP contribution in [0.2, 0.25) is 0 Å². The maximum absolute atomic E-state index is 11.6. The van der Waals surface area contributed by atoms with Crippen LogP contribution in [-0.4, -0.2) is 42.7 Å². The van der Waals surface area contributed by atoms with Gasteiger partial charge in [-0.05, 0) is 26.7 Å². The summed E-state index contributed by atoms with van der Waals surface area (Å²) in [6.07, 6.45) is 1.26. The Morgan fingerprint density at radius 3 is 2.53 bits per heavy atom. The fourth-order valence-electron chi connectivity index (χ4n) is 1.56. The number of carboxylic acids is 1. The maximum atomic E-state index is 11.6. The van der Waals surface area contributed by atoms with E-state index in [1.165, 1.54) is 6.92 Å². The predicted molar refractivity (Wildman–Crippen MR) is 54.5 cm³/mol. The predicted octanol–water partition coefficient (Wildman–Crippen LogP) is 0.442. The molecule has 1 fully saturated rings. The highest BCUT2D eigenvalue weighted by Crippen LogP contribution is 2.21. The average molecular weight is 236 g/mol. The summed E-state index contributed by atoms with van der Waals surface area (Å²) in [5, 5.41) is 7.27. The molecule has 0 spiro atoms. The minimum absolute atomic E-state index is 0.0744.